The van der Waals surface area contributed by atoms with Crippen molar-refractivity contribution in [2.45, 2.75) is 6.18 Å². The van der Waals surface area contributed by atoms with Crippen LogP contribution in [0.15, 0.2) is 66.0 Å². The van der Waals surface area contributed by atoms with Crippen LogP contribution in [0.2, 0.25) is 10.0 Å². The van der Waals surface area contributed by atoms with Gasteiger partial charge < -0.3 is 4.74 Å². The molecule has 0 saturated carbocycles. The molecule has 0 amide bonds. The van der Waals surface area contributed by atoms with Gasteiger partial charge in [0.15, 0.2) is 0 Å². The first-order valence-corrected chi connectivity index (χ1v) is 12.7. The van der Waals surface area contributed by atoms with Gasteiger partial charge in [-0.2, -0.15) is 13.2 Å². The van der Waals surface area contributed by atoms with E-state index < -0.39 is 21.8 Å². The van der Waals surface area contributed by atoms with E-state index in [4.69, 9.17) is 27.9 Å². The fraction of sp³-hybridized carbons (Fsp3) is 0.0909. The number of hydrogen-bond donors (Lipinski definition) is 0. The van der Waals surface area contributed by atoms with E-state index in [-0.39, 0.29) is 32.9 Å². The maximum atomic E-state index is 12.8. The molecule has 1 heterocycles. The minimum Gasteiger partial charge on any atom is -0.457 e. The van der Waals surface area contributed by atoms with Gasteiger partial charge in [-0.1, -0.05) is 23.2 Å². The third kappa shape index (κ3) is 5.22. The summed E-state index contributed by atoms with van der Waals surface area (Å²) in [6.45, 7) is 0. The van der Waals surface area contributed by atoms with E-state index in [1.807, 2.05) is 11.4 Å². The standard InChI is InChI=1S/C22H14Cl2F3NO3S2/c1-33(29,30)28(20-8-13-6-7-32-21(13)12-19(20)24)16-9-15(23)10-18(11-16)31-17-4-2-14(3-5-17)22(25,26)27/h2-12H,1H3. The molecule has 1 aromatic heterocycles. The van der Waals surface area contributed by atoms with E-state index in [1.165, 1.54) is 41.7 Å². The largest absolute Gasteiger partial charge is 0.457 e. The molecule has 0 unspecified atom stereocenters. The Balaban J connectivity index is 1.76. The van der Waals surface area contributed by atoms with Crippen LogP contribution < -0.4 is 9.04 Å². The van der Waals surface area contributed by atoms with E-state index >= 15 is 0 Å². The Morgan fingerprint density at radius 1 is 0.939 bits per heavy atom. The molecule has 0 aliphatic carbocycles. The molecule has 0 bridgehead atoms. The van der Waals surface area contributed by atoms with Crippen LogP contribution in [0, 0.1) is 0 Å². The molecule has 0 radical (unpaired) electrons. The van der Waals surface area contributed by atoms with E-state index in [9.17, 15) is 21.6 Å². The van der Waals surface area contributed by atoms with Crippen molar-refractivity contribution in [3.63, 3.8) is 0 Å². The number of alkyl halides is 3. The average molecular weight is 532 g/mol. The second kappa shape index (κ2) is 8.72. The highest BCUT2D eigenvalue weighted by atomic mass is 35.5. The lowest BCUT2D eigenvalue weighted by atomic mass is 10.2. The Hall–Kier alpha value is -2.46. The molecule has 0 spiro atoms. The summed E-state index contributed by atoms with van der Waals surface area (Å²) in [6.07, 6.45) is -3.45. The highest BCUT2D eigenvalue weighted by molar-refractivity contribution is 7.92. The van der Waals surface area contributed by atoms with Gasteiger partial charge in [-0.3, -0.25) is 0 Å². The number of halogens is 5. The molecule has 4 rings (SSSR count). The molecule has 0 atom stereocenters. The van der Waals surface area contributed by atoms with Crippen molar-refractivity contribution in [3.05, 3.63) is 81.7 Å². The van der Waals surface area contributed by atoms with Crippen LogP contribution in [-0.4, -0.2) is 14.7 Å². The minimum atomic E-state index is -4.47. The Labute approximate surface area is 201 Å². The van der Waals surface area contributed by atoms with Crippen molar-refractivity contribution in [1.29, 1.82) is 0 Å². The fourth-order valence-corrected chi connectivity index (χ4v) is 5.60. The number of benzene rings is 3. The van der Waals surface area contributed by atoms with Gasteiger partial charge in [0.1, 0.15) is 11.5 Å². The molecule has 11 heteroatoms. The monoisotopic (exact) mass is 531 g/mol. The zero-order valence-electron chi connectivity index (χ0n) is 16.7. The molecular weight excluding hydrogens is 518 g/mol. The summed E-state index contributed by atoms with van der Waals surface area (Å²) < 4.78 is 71.5. The van der Waals surface area contributed by atoms with Crippen LogP contribution in [0.4, 0.5) is 24.5 Å². The van der Waals surface area contributed by atoms with Gasteiger partial charge in [0.25, 0.3) is 0 Å². The number of rotatable bonds is 5. The predicted octanol–water partition coefficient (Wildman–Crippen LogP) is 8.12. The molecule has 0 aliphatic heterocycles. The molecule has 0 fully saturated rings. The summed E-state index contributed by atoms with van der Waals surface area (Å²) in [5, 5.41) is 3.07. The van der Waals surface area contributed by atoms with Crippen molar-refractivity contribution in [3.8, 4) is 11.5 Å². The molecule has 33 heavy (non-hydrogen) atoms. The zero-order valence-corrected chi connectivity index (χ0v) is 19.9. The molecule has 0 saturated heterocycles. The van der Waals surface area contributed by atoms with E-state index in [0.29, 0.717) is 0 Å². The number of hydrogen-bond acceptors (Lipinski definition) is 4. The van der Waals surface area contributed by atoms with E-state index in [2.05, 4.69) is 0 Å². The molecule has 4 nitrogen and oxygen atoms in total. The Morgan fingerprint density at radius 3 is 2.27 bits per heavy atom. The number of ether oxygens (including phenoxy) is 1. The summed E-state index contributed by atoms with van der Waals surface area (Å²) in [7, 11) is -3.86. The number of fused-ring (bicyclic) bond motifs is 1. The molecule has 0 aliphatic rings. The maximum absolute atomic E-state index is 12.8. The maximum Gasteiger partial charge on any atom is 0.416 e. The van der Waals surface area contributed by atoms with Gasteiger partial charge in [0.05, 0.1) is 28.2 Å². The normalized spacial score (nSPS) is 12.2. The van der Waals surface area contributed by atoms with Gasteiger partial charge in [0.2, 0.25) is 10.0 Å². The average Bonchev–Trinajstić information content (AvgIpc) is 3.13. The van der Waals surface area contributed by atoms with Gasteiger partial charge in [-0.15, -0.1) is 11.3 Å². The fourth-order valence-electron chi connectivity index (χ4n) is 3.21. The number of thiophene rings is 1. The first-order valence-electron chi connectivity index (χ1n) is 9.24. The van der Waals surface area contributed by atoms with Crippen molar-refractivity contribution in [2.24, 2.45) is 0 Å². The molecule has 3 aromatic carbocycles. The van der Waals surface area contributed by atoms with Gasteiger partial charge in [-0.05, 0) is 65.4 Å². The summed E-state index contributed by atoms with van der Waals surface area (Å²) in [4.78, 5) is 0. The van der Waals surface area contributed by atoms with Crippen LogP contribution in [0.25, 0.3) is 10.1 Å². The first kappa shape index (κ1) is 23.7. The van der Waals surface area contributed by atoms with Crippen molar-refractivity contribution in [1.82, 2.24) is 0 Å². The van der Waals surface area contributed by atoms with Gasteiger partial charge >= 0.3 is 6.18 Å². The summed E-state index contributed by atoms with van der Waals surface area (Å²) in [5.74, 6) is 0.262. The summed E-state index contributed by atoms with van der Waals surface area (Å²) >= 11 is 14.1. The summed E-state index contributed by atoms with van der Waals surface area (Å²) in [6, 6.07) is 13.6. The highest BCUT2D eigenvalue weighted by Gasteiger charge is 2.30. The lowest BCUT2D eigenvalue weighted by Crippen LogP contribution is -2.25. The summed E-state index contributed by atoms with van der Waals surface area (Å²) in [5.41, 5.74) is -0.431. The number of sulfonamides is 1. The lowest BCUT2D eigenvalue weighted by molar-refractivity contribution is -0.137. The highest BCUT2D eigenvalue weighted by Crippen LogP contribution is 2.41. The molecule has 4 aromatic rings. The topological polar surface area (TPSA) is 46.6 Å². The van der Waals surface area contributed by atoms with Crippen molar-refractivity contribution in [2.75, 3.05) is 10.6 Å². The lowest BCUT2D eigenvalue weighted by Gasteiger charge is -2.24. The smallest absolute Gasteiger partial charge is 0.416 e. The zero-order chi connectivity index (χ0) is 24.0. The Kier molecular flexibility index (Phi) is 6.26. The first-order chi connectivity index (χ1) is 15.4. The minimum absolute atomic E-state index is 0.125. The van der Waals surface area contributed by atoms with Crippen LogP contribution in [0.1, 0.15) is 5.56 Å². The van der Waals surface area contributed by atoms with E-state index in [1.54, 1.807) is 12.1 Å². The van der Waals surface area contributed by atoms with Crippen LogP contribution in [-0.2, 0) is 16.2 Å². The van der Waals surface area contributed by atoms with Crippen molar-refractivity contribution < 1.29 is 26.3 Å². The number of nitrogens with zero attached hydrogens (tertiary/aromatic N) is 1. The third-order valence-electron chi connectivity index (χ3n) is 4.58. The van der Waals surface area contributed by atoms with Crippen LogP contribution in [0.3, 0.4) is 0 Å². The molecule has 0 N–H and O–H groups in total. The molecule has 172 valence electrons. The van der Waals surface area contributed by atoms with Gasteiger partial charge in [-0.25, -0.2) is 12.7 Å². The number of anilines is 2. The van der Waals surface area contributed by atoms with Crippen LogP contribution >= 0.6 is 34.5 Å². The predicted molar refractivity (Wildman–Crippen MR) is 127 cm³/mol. The second-order valence-electron chi connectivity index (χ2n) is 7.06. The SMILES string of the molecule is CS(=O)(=O)N(c1cc(Cl)cc(Oc2ccc(C(F)(F)F)cc2)c1)c1cc2ccsc2cc1Cl. The Bertz CT molecular complexity index is 1440. The quantitative estimate of drug-likeness (QED) is 0.261. The second-order valence-corrected chi connectivity index (χ2v) is 10.7. The van der Waals surface area contributed by atoms with Crippen LogP contribution in [0.5, 0.6) is 11.5 Å². The Morgan fingerprint density at radius 2 is 1.64 bits per heavy atom. The van der Waals surface area contributed by atoms with Crippen molar-refractivity contribution >= 4 is 66.0 Å². The molecular formula is C22H14Cl2F3NO3S2. The van der Waals surface area contributed by atoms with E-state index in [0.717, 1.165) is 32.8 Å². The van der Waals surface area contributed by atoms with Gasteiger partial charge in [0, 0.05) is 15.8 Å². The third-order valence-corrected chi connectivity index (χ3v) is 7.05.